The molecule has 0 radical (unpaired) electrons. The highest BCUT2D eigenvalue weighted by Gasteiger charge is 2.37. The van der Waals surface area contributed by atoms with E-state index in [-0.39, 0.29) is 0 Å². The van der Waals surface area contributed by atoms with Crippen LogP contribution in [0, 0.1) is 5.41 Å². The summed E-state index contributed by atoms with van der Waals surface area (Å²) in [6.07, 6.45) is 11.7. The lowest BCUT2D eigenvalue weighted by molar-refractivity contribution is 0.225. The number of nitrogens with zero attached hydrogens (tertiary/aromatic N) is 3. The second-order valence-corrected chi connectivity index (χ2v) is 5.51. The summed E-state index contributed by atoms with van der Waals surface area (Å²) in [6, 6.07) is 0. The van der Waals surface area contributed by atoms with Crippen LogP contribution in [0.4, 0.5) is 11.6 Å². The third-order valence-corrected chi connectivity index (χ3v) is 4.43. The number of aromatic nitrogens is 2. The van der Waals surface area contributed by atoms with E-state index in [9.17, 15) is 0 Å². The van der Waals surface area contributed by atoms with Crippen molar-refractivity contribution in [2.24, 2.45) is 5.41 Å². The zero-order valence-corrected chi connectivity index (χ0v) is 10.2. The molecular formula is C13H20N4. The molecule has 92 valence electrons. The molecule has 1 aliphatic heterocycles. The van der Waals surface area contributed by atoms with Gasteiger partial charge in [-0.15, -0.1) is 0 Å². The summed E-state index contributed by atoms with van der Waals surface area (Å²) < 4.78 is 0. The van der Waals surface area contributed by atoms with Crippen molar-refractivity contribution >= 4 is 11.6 Å². The van der Waals surface area contributed by atoms with Crippen LogP contribution in [0.25, 0.3) is 0 Å². The molecule has 0 atom stereocenters. The number of hydrogen-bond donors (Lipinski definition) is 1. The molecule has 2 aliphatic rings. The second-order valence-electron chi connectivity index (χ2n) is 5.51. The van der Waals surface area contributed by atoms with Crippen molar-refractivity contribution in [2.75, 3.05) is 23.7 Å². The maximum atomic E-state index is 5.61. The van der Waals surface area contributed by atoms with Gasteiger partial charge in [0.05, 0.1) is 18.1 Å². The molecule has 3 rings (SSSR count). The summed E-state index contributed by atoms with van der Waals surface area (Å²) in [7, 11) is 0. The third kappa shape index (κ3) is 2.08. The fourth-order valence-electron chi connectivity index (χ4n) is 3.30. The minimum Gasteiger partial charge on any atom is -0.396 e. The maximum Gasteiger partial charge on any atom is 0.225 e. The van der Waals surface area contributed by atoms with Gasteiger partial charge in [0.15, 0.2) is 0 Å². The summed E-state index contributed by atoms with van der Waals surface area (Å²) in [4.78, 5) is 10.9. The zero-order chi connectivity index (χ0) is 11.7. The predicted molar refractivity (Wildman–Crippen MR) is 68.8 cm³/mol. The minimum atomic E-state index is 0.637. The number of anilines is 2. The quantitative estimate of drug-likeness (QED) is 0.806. The smallest absolute Gasteiger partial charge is 0.225 e. The molecule has 4 nitrogen and oxygen atoms in total. The fraction of sp³-hybridized carbons (Fsp3) is 0.692. The number of rotatable bonds is 1. The first-order valence-electron chi connectivity index (χ1n) is 6.60. The van der Waals surface area contributed by atoms with Gasteiger partial charge in [-0.2, -0.15) is 0 Å². The number of hydrogen-bond acceptors (Lipinski definition) is 4. The molecule has 1 aromatic rings. The third-order valence-electron chi connectivity index (χ3n) is 4.43. The summed E-state index contributed by atoms with van der Waals surface area (Å²) in [5, 5.41) is 0. The molecule has 1 spiro atoms. The highest BCUT2D eigenvalue weighted by molar-refractivity contribution is 5.38. The van der Waals surface area contributed by atoms with Gasteiger partial charge in [0, 0.05) is 13.1 Å². The molecule has 2 fully saturated rings. The van der Waals surface area contributed by atoms with Gasteiger partial charge >= 0.3 is 0 Å². The Morgan fingerprint density at radius 3 is 2.18 bits per heavy atom. The van der Waals surface area contributed by atoms with Gasteiger partial charge < -0.3 is 10.6 Å². The molecule has 2 heterocycles. The number of nitrogens with two attached hydrogens (primary N) is 1. The van der Waals surface area contributed by atoms with E-state index in [1.54, 1.807) is 12.4 Å². The molecule has 1 aromatic heterocycles. The normalized spacial score (nSPS) is 23.2. The van der Waals surface area contributed by atoms with Gasteiger partial charge in [-0.1, -0.05) is 12.8 Å². The Bertz CT molecular complexity index is 371. The highest BCUT2D eigenvalue weighted by Crippen LogP contribution is 2.46. The molecular weight excluding hydrogens is 212 g/mol. The van der Waals surface area contributed by atoms with E-state index in [4.69, 9.17) is 5.73 Å². The summed E-state index contributed by atoms with van der Waals surface area (Å²) in [5.41, 5.74) is 6.90. The molecule has 17 heavy (non-hydrogen) atoms. The average Bonchev–Trinajstić information content (AvgIpc) is 2.80. The first-order valence-corrected chi connectivity index (χ1v) is 6.60. The SMILES string of the molecule is Nc1cnc(N2CCC3(CCCC3)CC2)nc1. The van der Waals surface area contributed by atoms with E-state index in [2.05, 4.69) is 14.9 Å². The molecule has 1 aliphatic carbocycles. The van der Waals surface area contributed by atoms with Gasteiger partial charge in [-0.05, 0) is 31.1 Å². The van der Waals surface area contributed by atoms with Crippen LogP contribution in [0.3, 0.4) is 0 Å². The van der Waals surface area contributed by atoms with Crippen LogP contribution < -0.4 is 10.6 Å². The van der Waals surface area contributed by atoms with Crippen molar-refractivity contribution in [3.05, 3.63) is 12.4 Å². The van der Waals surface area contributed by atoms with Crippen LogP contribution in [0.5, 0.6) is 0 Å². The topological polar surface area (TPSA) is 55.0 Å². The lowest BCUT2D eigenvalue weighted by Gasteiger charge is -2.39. The summed E-state index contributed by atoms with van der Waals surface area (Å²) in [5.74, 6) is 0.840. The Hall–Kier alpha value is -1.32. The van der Waals surface area contributed by atoms with Crippen molar-refractivity contribution in [1.29, 1.82) is 0 Å². The van der Waals surface area contributed by atoms with Gasteiger partial charge in [0.2, 0.25) is 5.95 Å². The zero-order valence-electron chi connectivity index (χ0n) is 10.2. The van der Waals surface area contributed by atoms with E-state index < -0.39 is 0 Å². The Morgan fingerprint density at radius 1 is 1.00 bits per heavy atom. The molecule has 1 saturated carbocycles. The van der Waals surface area contributed by atoms with Gasteiger partial charge in [0.25, 0.3) is 0 Å². The highest BCUT2D eigenvalue weighted by atomic mass is 15.3. The van der Waals surface area contributed by atoms with Gasteiger partial charge in [-0.3, -0.25) is 0 Å². The van der Waals surface area contributed by atoms with Gasteiger partial charge in [0.1, 0.15) is 0 Å². The fourth-order valence-corrected chi connectivity index (χ4v) is 3.30. The van der Waals surface area contributed by atoms with Crippen molar-refractivity contribution in [3.63, 3.8) is 0 Å². The van der Waals surface area contributed by atoms with Crippen molar-refractivity contribution in [2.45, 2.75) is 38.5 Å². The Labute approximate surface area is 102 Å². The summed E-state index contributed by atoms with van der Waals surface area (Å²) >= 11 is 0. The van der Waals surface area contributed by atoms with Crippen LogP contribution in [0.2, 0.25) is 0 Å². The number of piperidine rings is 1. The van der Waals surface area contributed by atoms with Crippen LogP contribution >= 0.6 is 0 Å². The molecule has 1 saturated heterocycles. The molecule has 0 unspecified atom stereocenters. The molecule has 0 amide bonds. The molecule has 2 N–H and O–H groups in total. The summed E-state index contributed by atoms with van der Waals surface area (Å²) in [6.45, 7) is 2.20. The predicted octanol–water partition coefficient (Wildman–Crippen LogP) is 2.22. The Balaban J connectivity index is 1.66. The molecule has 0 aromatic carbocycles. The van der Waals surface area contributed by atoms with Crippen LogP contribution in [0.15, 0.2) is 12.4 Å². The van der Waals surface area contributed by atoms with Crippen LogP contribution in [-0.2, 0) is 0 Å². The van der Waals surface area contributed by atoms with Crippen LogP contribution in [-0.4, -0.2) is 23.1 Å². The monoisotopic (exact) mass is 232 g/mol. The largest absolute Gasteiger partial charge is 0.396 e. The minimum absolute atomic E-state index is 0.637. The first-order chi connectivity index (χ1) is 8.27. The first kappa shape index (κ1) is 10.8. The van der Waals surface area contributed by atoms with E-state index in [1.165, 1.54) is 38.5 Å². The van der Waals surface area contributed by atoms with E-state index in [0.717, 1.165) is 19.0 Å². The van der Waals surface area contributed by atoms with E-state index in [0.29, 0.717) is 11.1 Å². The second kappa shape index (κ2) is 4.17. The van der Waals surface area contributed by atoms with Gasteiger partial charge in [-0.25, -0.2) is 9.97 Å². The maximum absolute atomic E-state index is 5.61. The van der Waals surface area contributed by atoms with E-state index >= 15 is 0 Å². The average molecular weight is 232 g/mol. The van der Waals surface area contributed by atoms with Crippen LogP contribution in [0.1, 0.15) is 38.5 Å². The van der Waals surface area contributed by atoms with Crippen molar-refractivity contribution in [1.82, 2.24) is 9.97 Å². The molecule has 0 bridgehead atoms. The standard InChI is InChI=1S/C13H20N4/c14-11-9-15-12(16-10-11)17-7-5-13(6-8-17)3-1-2-4-13/h9-10H,1-8,14H2. The van der Waals surface area contributed by atoms with Crippen molar-refractivity contribution in [3.8, 4) is 0 Å². The number of nitrogen functional groups attached to an aromatic ring is 1. The lowest BCUT2D eigenvalue weighted by atomic mass is 9.77. The Kier molecular flexibility index (Phi) is 2.65. The van der Waals surface area contributed by atoms with E-state index in [1.807, 2.05) is 0 Å². The van der Waals surface area contributed by atoms with Crippen molar-refractivity contribution < 1.29 is 0 Å². The molecule has 4 heteroatoms. The lowest BCUT2D eigenvalue weighted by Crippen LogP contribution is -2.39. The Morgan fingerprint density at radius 2 is 1.59 bits per heavy atom.